The Morgan fingerprint density at radius 1 is 1.34 bits per heavy atom. The minimum atomic E-state index is 0. The van der Waals surface area contributed by atoms with Crippen molar-refractivity contribution in [2.75, 3.05) is 19.6 Å². The summed E-state index contributed by atoms with van der Waals surface area (Å²) in [6, 6.07) is 4.26. The number of aromatic nitrogens is 3. The van der Waals surface area contributed by atoms with E-state index < -0.39 is 0 Å². The number of guanidine groups is 1. The number of halogens is 1. The van der Waals surface area contributed by atoms with Crippen molar-refractivity contribution in [2.45, 2.75) is 65.0 Å². The number of aliphatic imine (C=N–C) groups is 1. The Labute approximate surface area is 194 Å². The molecule has 0 saturated carbocycles. The van der Waals surface area contributed by atoms with Crippen molar-refractivity contribution < 1.29 is 0 Å². The number of hydrogen-bond donors (Lipinski definition) is 2. The summed E-state index contributed by atoms with van der Waals surface area (Å²) in [5.74, 6) is 1.76. The predicted molar refractivity (Wildman–Crippen MR) is 131 cm³/mol. The first-order valence-corrected chi connectivity index (χ1v) is 11.1. The van der Waals surface area contributed by atoms with Crippen molar-refractivity contribution in [1.29, 1.82) is 0 Å². The van der Waals surface area contributed by atoms with Crippen LogP contribution in [0.3, 0.4) is 0 Å². The molecule has 2 aromatic rings. The molecule has 0 radical (unpaired) electrons. The Balaban J connectivity index is 0.00000300. The zero-order chi connectivity index (χ0) is 20.0. The Kier molecular flexibility index (Phi) is 9.19. The normalized spacial score (nSPS) is 14.2. The molecule has 9 heteroatoms. The zero-order valence-electron chi connectivity index (χ0n) is 17.6. The summed E-state index contributed by atoms with van der Waals surface area (Å²) in [7, 11) is 0. The van der Waals surface area contributed by atoms with Crippen LogP contribution in [0, 0.1) is 0 Å². The topological polar surface area (TPSA) is 76.2 Å². The highest BCUT2D eigenvalue weighted by molar-refractivity contribution is 14.0. The van der Waals surface area contributed by atoms with E-state index >= 15 is 0 Å². The van der Waals surface area contributed by atoms with E-state index in [1.165, 1.54) is 4.88 Å². The minimum Gasteiger partial charge on any atom is -0.357 e. The highest BCUT2D eigenvalue weighted by Gasteiger charge is 2.21. The smallest absolute Gasteiger partial charge is 0.345 e. The summed E-state index contributed by atoms with van der Waals surface area (Å²) >= 11 is 1.78. The summed E-state index contributed by atoms with van der Waals surface area (Å²) in [4.78, 5) is 18.5. The van der Waals surface area contributed by atoms with Gasteiger partial charge in [0.05, 0.1) is 6.54 Å². The lowest BCUT2D eigenvalue weighted by Gasteiger charge is -2.21. The maximum absolute atomic E-state index is 12.4. The van der Waals surface area contributed by atoms with E-state index in [1.54, 1.807) is 16.0 Å². The predicted octanol–water partition coefficient (Wildman–Crippen LogP) is 2.98. The molecule has 0 fully saturated rings. The molecule has 0 amide bonds. The summed E-state index contributed by atoms with van der Waals surface area (Å²) < 4.78 is 3.45. The molecule has 2 aromatic heterocycles. The summed E-state index contributed by atoms with van der Waals surface area (Å²) in [5.41, 5.74) is 0.0484. The van der Waals surface area contributed by atoms with Gasteiger partial charge in [0.1, 0.15) is 5.82 Å². The van der Waals surface area contributed by atoms with Gasteiger partial charge in [-0.15, -0.1) is 35.3 Å². The third-order valence-corrected chi connectivity index (χ3v) is 6.27. The Morgan fingerprint density at radius 2 is 2.17 bits per heavy atom. The summed E-state index contributed by atoms with van der Waals surface area (Å²) in [6.07, 6.45) is 3.94. The van der Waals surface area contributed by atoms with Crippen LogP contribution in [0.1, 0.15) is 50.7 Å². The quantitative estimate of drug-likeness (QED) is 0.237. The Hall–Kier alpha value is -1.36. The molecule has 162 valence electrons. The fourth-order valence-electron chi connectivity index (χ4n) is 3.39. The number of thiophene rings is 1. The van der Waals surface area contributed by atoms with Gasteiger partial charge >= 0.3 is 5.69 Å². The van der Waals surface area contributed by atoms with Crippen LogP contribution in [-0.2, 0) is 24.9 Å². The second-order valence-electron chi connectivity index (χ2n) is 7.87. The molecule has 1 aliphatic heterocycles. The van der Waals surface area contributed by atoms with Crippen molar-refractivity contribution in [3.05, 3.63) is 38.7 Å². The van der Waals surface area contributed by atoms with E-state index in [2.05, 4.69) is 54.0 Å². The second-order valence-corrected chi connectivity index (χ2v) is 8.82. The van der Waals surface area contributed by atoms with E-state index in [0.29, 0.717) is 6.54 Å². The van der Waals surface area contributed by atoms with E-state index in [0.717, 1.165) is 63.6 Å². The lowest BCUT2D eigenvalue weighted by Crippen LogP contribution is -2.39. The van der Waals surface area contributed by atoms with Crippen LogP contribution in [0.25, 0.3) is 0 Å². The van der Waals surface area contributed by atoms with Gasteiger partial charge in [0.25, 0.3) is 0 Å². The molecule has 1 aliphatic rings. The van der Waals surface area contributed by atoms with Gasteiger partial charge in [0, 0.05) is 42.9 Å². The monoisotopic (exact) mass is 532 g/mol. The van der Waals surface area contributed by atoms with Gasteiger partial charge in [0.15, 0.2) is 5.96 Å². The van der Waals surface area contributed by atoms with Crippen LogP contribution < -0.4 is 16.3 Å². The third-order valence-electron chi connectivity index (χ3n) is 5.04. The fraction of sp³-hybridized carbons (Fsp3) is 0.650. The molecule has 0 spiro atoms. The molecule has 3 rings (SSSR count). The van der Waals surface area contributed by atoms with Gasteiger partial charge in [-0.2, -0.15) is 5.10 Å². The van der Waals surface area contributed by atoms with Crippen molar-refractivity contribution in [3.8, 4) is 0 Å². The molecule has 0 bridgehead atoms. The number of nitrogens with zero attached hydrogens (tertiary/aromatic N) is 4. The maximum atomic E-state index is 12.4. The molecular weight excluding hydrogens is 499 g/mol. The molecule has 0 aliphatic carbocycles. The first kappa shape index (κ1) is 23.9. The van der Waals surface area contributed by atoms with Gasteiger partial charge in [0.2, 0.25) is 0 Å². The van der Waals surface area contributed by atoms with Gasteiger partial charge in [-0.25, -0.2) is 9.48 Å². The van der Waals surface area contributed by atoms with Crippen LogP contribution >= 0.6 is 35.3 Å². The molecule has 0 aromatic carbocycles. The van der Waals surface area contributed by atoms with E-state index in [9.17, 15) is 4.79 Å². The Bertz CT molecular complexity index is 840. The number of fused-ring (bicyclic) bond motifs is 1. The standard InChI is InChI=1S/C20H32N6OS.HI/c1-4-21-18(23-15-20(2,3)16-9-7-14-28-16)22-11-8-13-26-19(27)25-12-6-5-10-17(25)24-26;/h7,9,14H,4-6,8,10-13,15H2,1-3H3,(H2,21,22,23);1H. The lowest BCUT2D eigenvalue weighted by atomic mass is 9.92. The van der Waals surface area contributed by atoms with Gasteiger partial charge in [-0.3, -0.25) is 9.56 Å². The summed E-state index contributed by atoms with van der Waals surface area (Å²) in [6.45, 7) is 10.2. The van der Waals surface area contributed by atoms with Crippen LogP contribution in [0.5, 0.6) is 0 Å². The zero-order valence-corrected chi connectivity index (χ0v) is 20.8. The third kappa shape index (κ3) is 6.31. The molecule has 0 unspecified atom stereocenters. The average Bonchev–Trinajstić information content (AvgIpc) is 3.33. The minimum absolute atomic E-state index is 0. The lowest BCUT2D eigenvalue weighted by molar-refractivity contribution is 0.509. The molecule has 3 heterocycles. The number of nitrogens with one attached hydrogen (secondary N) is 2. The molecule has 0 atom stereocenters. The molecule has 29 heavy (non-hydrogen) atoms. The SMILES string of the molecule is CCNC(=NCC(C)(C)c1cccs1)NCCCn1nc2n(c1=O)CCCC2.I. The number of hydrogen-bond acceptors (Lipinski definition) is 4. The fourth-order valence-corrected chi connectivity index (χ4v) is 4.23. The van der Waals surface area contributed by atoms with Crippen LogP contribution in [-0.4, -0.2) is 39.9 Å². The number of rotatable bonds is 8. The average molecular weight is 532 g/mol. The van der Waals surface area contributed by atoms with Crippen LogP contribution in [0.4, 0.5) is 0 Å². The largest absolute Gasteiger partial charge is 0.357 e. The number of aryl methyl sites for hydroxylation is 2. The van der Waals surface area contributed by atoms with Gasteiger partial charge in [-0.05, 0) is 37.6 Å². The molecule has 2 N–H and O–H groups in total. The first-order valence-electron chi connectivity index (χ1n) is 10.2. The van der Waals surface area contributed by atoms with E-state index in [4.69, 9.17) is 4.99 Å². The highest BCUT2D eigenvalue weighted by Crippen LogP contribution is 2.27. The van der Waals surface area contributed by atoms with E-state index in [1.807, 2.05) is 4.57 Å². The summed E-state index contributed by atoms with van der Waals surface area (Å²) in [5, 5.41) is 13.3. The molecular formula is C20H33IN6OS. The maximum Gasteiger partial charge on any atom is 0.345 e. The first-order chi connectivity index (χ1) is 13.5. The van der Waals surface area contributed by atoms with Gasteiger partial charge in [-0.1, -0.05) is 19.9 Å². The van der Waals surface area contributed by atoms with Crippen molar-refractivity contribution in [1.82, 2.24) is 25.0 Å². The highest BCUT2D eigenvalue weighted by atomic mass is 127. The van der Waals surface area contributed by atoms with Crippen molar-refractivity contribution in [3.63, 3.8) is 0 Å². The second kappa shape index (κ2) is 11.1. The molecule has 0 saturated heterocycles. The van der Waals surface area contributed by atoms with Crippen LogP contribution in [0.15, 0.2) is 27.3 Å². The van der Waals surface area contributed by atoms with Gasteiger partial charge < -0.3 is 10.6 Å². The molecule has 7 nitrogen and oxygen atoms in total. The van der Waals surface area contributed by atoms with Crippen LogP contribution in [0.2, 0.25) is 0 Å². The van der Waals surface area contributed by atoms with E-state index in [-0.39, 0.29) is 35.1 Å². The van der Waals surface area contributed by atoms with Crippen molar-refractivity contribution in [2.24, 2.45) is 4.99 Å². The Morgan fingerprint density at radius 3 is 2.86 bits per heavy atom. The van der Waals surface area contributed by atoms with Crippen molar-refractivity contribution >= 4 is 41.3 Å².